The minimum absolute atomic E-state index is 0.359. The first-order valence-corrected chi connectivity index (χ1v) is 6.00. The topological polar surface area (TPSA) is 40.6 Å². The summed E-state index contributed by atoms with van der Waals surface area (Å²) in [5, 5.41) is 0. The largest absolute Gasteiger partial charge is 0.300 e. The number of ketones is 2. The quantitative estimate of drug-likeness (QED) is 0.594. The zero-order valence-electron chi connectivity index (χ0n) is 10.1. The first kappa shape index (κ1) is 11.7. The number of hydrogen-bond donors (Lipinski definition) is 0. The Morgan fingerprint density at radius 2 is 1.44 bits per heavy atom. The average molecular weight is 224 g/mol. The maximum absolute atomic E-state index is 11.0. The van der Waals surface area contributed by atoms with Gasteiger partial charge >= 0.3 is 0 Å². The van der Waals surface area contributed by atoms with Crippen LogP contribution in [0.1, 0.15) is 25.7 Å². The van der Waals surface area contributed by atoms with E-state index in [9.17, 15) is 9.59 Å². The molecule has 3 aliphatic rings. The molecule has 3 aliphatic heterocycles. The normalized spacial score (nSPS) is 34.4. The van der Waals surface area contributed by atoms with Gasteiger partial charge in [-0.3, -0.25) is 19.4 Å². The van der Waals surface area contributed by atoms with Crippen molar-refractivity contribution in [2.24, 2.45) is 0 Å². The van der Waals surface area contributed by atoms with E-state index in [1.807, 2.05) is 11.9 Å². The molecule has 2 atom stereocenters. The molecule has 0 aliphatic carbocycles. The summed E-state index contributed by atoms with van der Waals surface area (Å²) in [7, 11) is 4.08. The molecular weight excluding hydrogens is 204 g/mol. The second kappa shape index (κ2) is 4.63. The van der Waals surface area contributed by atoms with Crippen molar-refractivity contribution < 1.29 is 9.59 Å². The number of likely N-dealkylation sites (N-methyl/N-ethyl adjacent to an activating group) is 1. The molecule has 0 radical (unpaired) electrons. The number of carbonyl (C=O) groups excluding carboxylic acids is 2. The van der Waals surface area contributed by atoms with Crippen LogP contribution in [0, 0.1) is 0 Å². The monoisotopic (exact) mass is 224 g/mol. The number of rotatable bonds is 0. The molecule has 3 saturated heterocycles. The molecule has 0 amide bonds. The highest BCUT2D eigenvalue weighted by Gasteiger charge is 2.37. The van der Waals surface area contributed by atoms with Crippen molar-refractivity contribution in [3.63, 3.8) is 0 Å². The zero-order valence-corrected chi connectivity index (χ0v) is 10.1. The van der Waals surface area contributed by atoms with Crippen LogP contribution in [0.4, 0.5) is 0 Å². The number of piperidine rings is 1. The van der Waals surface area contributed by atoms with Crippen molar-refractivity contribution in [2.45, 2.75) is 37.8 Å². The molecule has 3 fully saturated rings. The summed E-state index contributed by atoms with van der Waals surface area (Å²) in [5.41, 5.74) is 0. The highest BCUT2D eigenvalue weighted by Crippen LogP contribution is 2.31. The van der Waals surface area contributed by atoms with Crippen LogP contribution >= 0.6 is 0 Å². The Morgan fingerprint density at radius 3 is 1.75 bits per heavy atom. The van der Waals surface area contributed by atoms with E-state index in [0.717, 1.165) is 12.8 Å². The van der Waals surface area contributed by atoms with Crippen molar-refractivity contribution in [2.75, 3.05) is 27.2 Å². The average Bonchev–Trinajstić information content (AvgIpc) is 2.43. The summed E-state index contributed by atoms with van der Waals surface area (Å²) >= 11 is 0. The molecule has 2 unspecified atom stereocenters. The van der Waals surface area contributed by atoms with E-state index in [-0.39, 0.29) is 0 Å². The lowest BCUT2D eigenvalue weighted by atomic mass is 10.0. The van der Waals surface area contributed by atoms with Gasteiger partial charge in [0, 0.05) is 24.9 Å². The maximum atomic E-state index is 11.0. The predicted octanol–water partition coefficient (Wildman–Crippen LogP) is 0.313. The van der Waals surface area contributed by atoms with Gasteiger partial charge in [-0.25, -0.2) is 0 Å². The van der Waals surface area contributed by atoms with Gasteiger partial charge in [0.1, 0.15) is 5.78 Å². The molecule has 0 saturated carbocycles. The maximum Gasteiger partial charge on any atom is 0.160 e. The second-order valence-corrected chi connectivity index (χ2v) is 5.21. The fourth-order valence-corrected chi connectivity index (χ4v) is 2.75. The third-order valence-corrected chi connectivity index (χ3v) is 3.80. The Balaban J connectivity index is 0.000000138. The summed E-state index contributed by atoms with van der Waals surface area (Å²) in [5.74, 6) is 0.836. The summed E-state index contributed by atoms with van der Waals surface area (Å²) in [6, 6.07) is 1.18. The summed E-state index contributed by atoms with van der Waals surface area (Å²) in [4.78, 5) is 25.5. The van der Waals surface area contributed by atoms with Crippen molar-refractivity contribution in [3.8, 4) is 0 Å². The van der Waals surface area contributed by atoms with E-state index < -0.39 is 0 Å². The van der Waals surface area contributed by atoms with E-state index in [4.69, 9.17) is 0 Å². The molecule has 0 spiro atoms. The molecule has 0 aromatic rings. The Hall–Kier alpha value is -0.740. The lowest BCUT2D eigenvalue weighted by molar-refractivity contribution is -0.127. The van der Waals surface area contributed by atoms with Crippen LogP contribution in [-0.2, 0) is 9.59 Å². The van der Waals surface area contributed by atoms with Gasteiger partial charge < -0.3 is 0 Å². The number of nitrogens with zero attached hydrogens (tertiary/aromatic N) is 2. The van der Waals surface area contributed by atoms with Gasteiger partial charge in [0.15, 0.2) is 5.78 Å². The van der Waals surface area contributed by atoms with Gasteiger partial charge in [-0.1, -0.05) is 0 Å². The van der Waals surface area contributed by atoms with Crippen LogP contribution < -0.4 is 0 Å². The molecule has 2 bridgehead atoms. The lowest BCUT2D eigenvalue weighted by Crippen LogP contribution is -2.43. The first-order chi connectivity index (χ1) is 7.56. The molecule has 0 aromatic carbocycles. The molecule has 16 heavy (non-hydrogen) atoms. The summed E-state index contributed by atoms with van der Waals surface area (Å²) in [6.45, 7) is 1.33. The van der Waals surface area contributed by atoms with Crippen LogP contribution in [0.25, 0.3) is 0 Å². The number of Topliss-reactive ketones (excluding diaryl/α,β-unsaturated/α-hetero) is 2. The number of hydrogen-bond acceptors (Lipinski definition) is 4. The Morgan fingerprint density at radius 1 is 0.938 bits per heavy atom. The third-order valence-electron chi connectivity index (χ3n) is 3.80. The predicted molar refractivity (Wildman–Crippen MR) is 61.3 cm³/mol. The van der Waals surface area contributed by atoms with E-state index in [2.05, 4.69) is 11.9 Å². The molecule has 0 aromatic heterocycles. The van der Waals surface area contributed by atoms with Crippen molar-refractivity contribution >= 4 is 11.6 Å². The molecular formula is C12H20N2O2. The Kier molecular flexibility index (Phi) is 3.40. The van der Waals surface area contributed by atoms with Gasteiger partial charge in [0.25, 0.3) is 0 Å². The van der Waals surface area contributed by atoms with Crippen LogP contribution in [0.2, 0.25) is 0 Å². The summed E-state index contributed by atoms with van der Waals surface area (Å²) in [6.07, 6.45) is 4.11. The summed E-state index contributed by atoms with van der Waals surface area (Å²) < 4.78 is 0. The standard InChI is InChI=1S/C8H13NO.C4H7NO/c1-9-6-2-3-7(9)5-8(10)4-6;1-5-2-4(6)3-5/h6-7H,2-5H2,1H3;2-3H2,1H3. The van der Waals surface area contributed by atoms with Crippen molar-refractivity contribution in [1.29, 1.82) is 0 Å². The minimum Gasteiger partial charge on any atom is -0.300 e. The first-order valence-electron chi connectivity index (χ1n) is 6.00. The Bertz CT molecular complexity index is 279. The van der Waals surface area contributed by atoms with E-state index in [0.29, 0.717) is 36.7 Å². The zero-order chi connectivity index (χ0) is 11.7. The molecule has 90 valence electrons. The van der Waals surface area contributed by atoms with Crippen LogP contribution in [0.5, 0.6) is 0 Å². The molecule has 4 nitrogen and oxygen atoms in total. The van der Waals surface area contributed by atoms with Crippen LogP contribution in [0.15, 0.2) is 0 Å². The number of fused-ring (bicyclic) bond motifs is 2. The van der Waals surface area contributed by atoms with Gasteiger partial charge in [-0.2, -0.15) is 0 Å². The fourth-order valence-electron chi connectivity index (χ4n) is 2.75. The van der Waals surface area contributed by atoms with Crippen molar-refractivity contribution in [3.05, 3.63) is 0 Å². The number of carbonyl (C=O) groups is 2. The van der Waals surface area contributed by atoms with E-state index in [1.54, 1.807) is 0 Å². The fraction of sp³-hybridized carbons (Fsp3) is 0.833. The van der Waals surface area contributed by atoms with E-state index in [1.165, 1.54) is 12.8 Å². The second-order valence-electron chi connectivity index (χ2n) is 5.21. The van der Waals surface area contributed by atoms with Crippen molar-refractivity contribution in [1.82, 2.24) is 9.80 Å². The van der Waals surface area contributed by atoms with E-state index >= 15 is 0 Å². The van der Waals surface area contributed by atoms with Crippen LogP contribution in [-0.4, -0.2) is 60.6 Å². The minimum atomic E-state index is 0.359. The molecule has 4 heteroatoms. The number of likely N-dealkylation sites (tertiary alicyclic amines) is 1. The van der Waals surface area contributed by atoms with Gasteiger partial charge in [-0.05, 0) is 26.9 Å². The highest BCUT2D eigenvalue weighted by molar-refractivity contribution is 5.87. The van der Waals surface area contributed by atoms with Gasteiger partial charge in [0.05, 0.1) is 13.1 Å². The third kappa shape index (κ3) is 2.50. The van der Waals surface area contributed by atoms with Crippen LogP contribution in [0.3, 0.4) is 0 Å². The smallest absolute Gasteiger partial charge is 0.160 e. The molecule has 3 heterocycles. The van der Waals surface area contributed by atoms with Gasteiger partial charge in [0.2, 0.25) is 0 Å². The Labute approximate surface area is 96.6 Å². The lowest BCUT2D eigenvalue weighted by Gasteiger charge is -2.29. The molecule has 0 N–H and O–H groups in total. The SMILES string of the molecule is CN1C2CCC1CC(=O)C2.CN1CC(=O)C1. The highest BCUT2D eigenvalue weighted by atomic mass is 16.1. The van der Waals surface area contributed by atoms with Gasteiger partial charge in [-0.15, -0.1) is 0 Å². The molecule has 3 rings (SSSR count).